The van der Waals surface area contributed by atoms with Crippen molar-refractivity contribution in [2.75, 3.05) is 52.5 Å². The molecule has 24 heavy (non-hydrogen) atoms. The molecule has 0 atom stereocenters. The van der Waals surface area contributed by atoms with Gasteiger partial charge in [0.2, 0.25) is 0 Å². The van der Waals surface area contributed by atoms with E-state index in [2.05, 4.69) is 0 Å². The highest BCUT2D eigenvalue weighted by Gasteiger charge is 2.28. The van der Waals surface area contributed by atoms with Gasteiger partial charge in [0.25, 0.3) is 5.91 Å². The molecule has 0 N–H and O–H groups in total. The van der Waals surface area contributed by atoms with Crippen LogP contribution in [0.5, 0.6) is 0 Å². The predicted octanol–water partition coefficient (Wildman–Crippen LogP) is 2.20. The van der Waals surface area contributed by atoms with Crippen LogP contribution in [0.3, 0.4) is 0 Å². The summed E-state index contributed by atoms with van der Waals surface area (Å²) in [5.41, 5.74) is 0.473. The summed E-state index contributed by atoms with van der Waals surface area (Å²) in [6.07, 6.45) is 0. The Labute approximate surface area is 150 Å². The Morgan fingerprint density at radius 2 is 1.29 bits per heavy atom. The maximum absolute atomic E-state index is 12.6. The summed E-state index contributed by atoms with van der Waals surface area (Å²) in [5, 5.41) is 0.874. The molecule has 0 saturated carbocycles. The third kappa shape index (κ3) is 3.94. The Balaban J connectivity index is 1.58. The summed E-state index contributed by atoms with van der Waals surface area (Å²) in [5.74, 6) is -0.113. The number of morpholine rings is 1. The minimum atomic E-state index is -0.113. The van der Waals surface area contributed by atoms with Crippen LogP contribution >= 0.6 is 23.2 Å². The Morgan fingerprint density at radius 1 is 0.792 bits per heavy atom. The van der Waals surface area contributed by atoms with Gasteiger partial charge in [-0.3, -0.25) is 4.79 Å². The van der Waals surface area contributed by atoms with Crippen LogP contribution in [-0.4, -0.2) is 79.1 Å². The fourth-order valence-corrected chi connectivity index (χ4v) is 3.44. The molecule has 0 radical (unpaired) electrons. The molecule has 2 fully saturated rings. The fraction of sp³-hybridized carbons (Fsp3) is 0.500. The lowest BCUT2D eigenvalue weighted by molar-refractivity contribution is 0.0362. The Morgan fingerprint density at radius 3 is 1.88 bits per heavy atom. The molecule has 2 heterocycles. The molecule has 2 saturated heterocycles. The fourth-order valence-electron chi connectivity index (χ4n) is 2.92. The summed E-state index contributed by atoms with van der Waals surface area (Å²) in [6, 6.07) is 4.84. The van der Waals surface area contributed by atoms with Crippen molar-refractivity contribution in [1.82, 2.24) is 14.7 Å². The summed E-state index contributed by atoms with van der Waals surface area (Å²) in [7, 11) is 0. The topological polar surface area (TPSA) is 53.1 Å². The number of hydrogen-bond acceptors (Lipinski definition) is 3. The first-order chi connectivity index (χ1) is 11.5. The second-order valence-electron chi connectivity index (χ2n) is 5.82. The van der Waals surface area contributed by atoms with E-state index in [0.29, 0.717) is 68.1 Å². The zero-order valence-corrected chi connectivity index (χ0v) is 14.7. The Hall–Kier alpha value is -1.50. The summed E-state index contributed by atoms with van der Waals surface area (Å²) in [6.45, 7) is 4.46. The highest BCUT2D eigenvalue weighted by atomic mass is 35.5. The molecule has 2 aliphatic rings. The van der Waals surface area contributed by atoms with Gasteiger partial charge in [0.15, 0.2) is 0 Å². The molecule has 3 rings (SSSR count). The minimum absolute atomic E-state index is 0.0243. The largest absolute Gasteiger partial charge is 0.378 e. The van der Waals surface area contributed by atoms with Gasteiger partial charge in [0.1, 0.15) is 0 Å². The lowest BCUT2D eigenvalue weighted by Crippen LogP contribution is -2.55. The van der Waals surface area contributed by atoms with Crippen molar-refractivity contribution in [2.24, 2.45) is 0 Å². The van der Waals surface area contributed by atoms with Crippen molar-refractivity contribution in [3.8, 4) is 0 Å². The first-order valence-corrected chi connectivity index (χ1v) is 8.67. The number of nitrogens with zero attached hydrogens (tertiary/aromatic N) is 3. The van der Waals surface area contributed by atoms with Gasteiger partial charge in [-0.2, -0.15) is 0 Å². The lowest BCUT2D eigenvalue weighted by Gasteiger charge is -2.38. The van der Waals surface area contributed by atoms with Gasteiger partial charge in [0.05, 0.1) is 13.2 Å². The molecular weight excluding hydrogens is 353 g/mol. The molecule has 0 aliphatic carbocycles. The number of amides is 3. The Bertz CT molecular complexity index is 607. The van der Waals surface area contributed by atoms with Crippen LogP contribution in [0.2, 0.25) is 10.0 Å². The van der Waals surface area contributed by atoms with Crippen molar-refractivity contribution >= 4 is 35.1 Å². The number of rotatable bonds is 1. The highest BCUT2D eigenvalue weighted by molar-refractivity contribution is 6.35. The maximum Gasteiger partial charge on any atom is 0.320 e. The number of piperazine rings is 1. The van der Waals surface area contributed by atoms with Gasteiger partial charge in [0, 0.05) is 54.9 Å². The van der Waals surface area contributed by atoms with Crippen molar-refractivity contribution in [3.05, 3.63) is 33.8 Å². The van der Waals surface area contributed by atoms with Gasteiger partial charge in [-0.05, 0) is 18.2 Å². The van der Waals surface area contributed by atoms with Crippen LogP contribution in [0.25, 0.3) is 0 Å². The number of carbonyl (C=O) groups excluding carboxylic acids is 2. The predicted molar refractivity (Wildman–Crippen MR) is 91.7 cm³/mol. The zero-order valence-electron chi connectivity index (χ0n) is 13.2. The second-order valence-corrected chi connectivity index (χ2v) is 6.69. The number of urea groups is 1. The summed E-state index contributed by atoms with van der Waals surface area (Å²) < 4.78 is 5.27. The van der Waals surface area contributed by atoms with E-state index in [4.69, 9.17) is 27.9 Å². The number of carbonyl (C=O) groups is 2. The molecule has 1 aromatic rings. The molecule has 3 amide bonds. The second kappa shape index (κ2) is 7.59. The van der Waals surface area contributed by atoms with E-state index >= 15 is 0 Å². The van der Waals surface area contributed by atoms with E-state index in [1.54, 1.807) is 32.9 Å². The monoisotopic (exact) mass is 371 g/mol. The summed E-state index contributed by atoms with van der Waals surface area (Å²) in [4.78, 5) is 30.3. The normalized spacial score (nSPS) is 18.7. The quantitative estimate of drug-likeness (QED) is 0.760. The molecule has 0 bridgehead atoms. The van der Waals surface area contributed by atoms with Gasteiger partial charge in [-0.1, -0.05) is 23.2 Å². The van der Waals surface area contributed by atoms with Crippen molar-refractivity contribution in [2.45, 2.75) is 0 Å². The number of benzene rings is 1. The van der Waals surface area contributed by atoms with E-state index in [1.807, 2.05) is 0 Å². The van der Waals surface area contributed by atoms with E-state index in [-0.39, 0.29) is 11.9 Å². The zero-order chi connectivity index (χ0) is 17.1. The smallest absolute Gasteiger partial charge is 0.320 e. The lowest BCUT2D eigenvalue weighted by atomic mass is 10.2. The highest BCUT2D eigenvalue weighted by Crippen LogP contribution is 2.21. The SMILES string of the molecule is O=C(c1cc(Cl)cc(Cl)c1)N1CCN(C(=O)N2CCOCC2)CC1. The van der Waals surface area contributed by atoms with E-state index < -0.39 is 0 Å². The minimum Gasteiger partial charge on any atom is -0.378 e. The molecule has 130 valence electrons. The molecule has 0 spiro atoms. The Kier molecular flexibility index (Phi) is 5.48. The number of hydrogen-bond donors (Lipinski definition) is 0. The molecular formula is C16H19Cl2N3O3. The standard InChI is InChI=1S/C16H19Cl2N3O3/c17-13-9-12(10-14(18)11-13)15(22)19-1-3-20(4-2-19)16(23)21-5-7-24-8-6-21/h9-11H,1-8H2. The third-order valence-electron chi connectivity index (χ3n) is 4.23. The molecule has 6 nitrogen and oxygen atoms in total. The van der Waals surface area contributed by atoms with Gasteiger partial charge in [-0.25, -0.2) is 4.79 Å². The maximum atomic E-state index is 12.6. The molecule has 0 aromatic heterocycles. The van der Waals surface area contributed by atoms with Crippen LogP contribution in [0.4, 0.5) is 4.79 Å². The van der Waals surface area contributed by atoms with Crippen LogP contribution in [0.1, 0.15) is 10.4 Å². The van der Waals surface area contributed by atoms with Crippen LogP contribution in [-0.2, 0) is 4.74 Å². The van der Waals surface area contributed by atoms with Crippen LogP contribution in [0, 0.1) is 0 Å². The van der Waals surface area contributed by atoms with Gasteiger partial charge < -0.3 is 19.4 Å². The van der Waals surface area contributed by atoms with E-state index in [0.717, 1.165) is 0 Å². The molecule has 8 heteroatoms. The average Bonchev–Trinajstić information content (AvgIpc) is 2.60. The number of ether oxygens (including phenoxy) is 1. The van der Waals surface area contributed by atoms with Crippen molar-refractivity contribution < 1.29 is 14.3 Å². The number of halogens is 2. The first kappa shape index (κ1) is 17.3. The first-order valence-electron chi connectivity index (χ1n) is 7.91. The average molecular weight is 372 g/mol. The van der Waals surface area contributed by atoms with E-state index in [1.165, 1.54) is 0 Å². The summed E-state index contributed by atoms with van der Waals surface area (Å²) >= 11 is 11.9. The van der Waals surface area contributed by atoms with Gasteiger partial charge >= 0.3 is 6.03 Å². The van der Waals surface area contributed by atoms with Gasteiger partial charge in [-0.15, -0.1) is 0 Å². The van der Waals surface area contributed by atoms with Crippen LogP contribution < -0.4 is 0 Å². The molecule has 0 unspecified atom stereocenters. The molecule has 1 aromatic carbocycles. The van der Waals surface area contributed by atoms with E-state index in [9.17, 15) is 9.59 Å². The van der Waals surface area contributed by atoms with Crippen molar-refractivity contribution in [3.63, 3.8) is 0 Å². The molecule has 2 aliphatic heterocycles. The van der Waals surface area contributed by atoms with Crippen molar-refractivity contribution in [1.29, 1.82) is 0 Å². The third-order valence-corrected chi connectivity index (χ3v) is 4.66. The van der Waals surface area contributed by atoms with Crippen LogP contribution in [0.15, 0.2) is 18.2 Å².